The molecule has 7 heteroatoms. The zero-order valence-electron chi connectivity index (χ0n) is 16.7. The Morgan fingerprint density at radius 2 is 1.66 bits per heavy atom. The van der Waals surface area contributed by atoms with E-state index in [1.807, 2.05) is 6.07 Å². The van der Waals surface area contributed by atoms with Crippen molar-refractivity contribution in [2.45, 2.75) is 13.1 Å². The van der Waals surface area contributed by atoms with Crippen LogP contribution in [0.4, 0.5) is 5.69 Å². The SMILES string of the molecule is O=C(NCc1ccccc1CN1CCOCC1)c1ccncc1N1CCOCC1. The fourth-order valence-corrected chi connectivity index (χ4v) is 3.79. The van der Waals surface area contributed by atoms with Crippen LogP contribution >= 0.6 is 0 Å². The summed E-state index contributed by atoms with van der Waals surface area (Å²) in [6.45, 7) is 7.73. The number of ether oxygens (including phenoxy) is 2. The lowest BCUT2D eigenvalue weighted by atomic mass is 10.1. The van der Waals surface area contributed by atoms with E-state index in [4.69, 9.17) is 9.47 Å². The highest BCUT2D eigenvalue weighted by molar-refractivity contribution is 5.99. The number of rotatable bonds is 6. The Kier molecular flexibility index (Phi) is 6.71. The van der Waals surface area contributed by atoms with Gasteiger partial charge in [0.05, 0.1) is 43.9 Å². The second-order valence-corrected chi connectivity index (χ2v) is 7.33. The number of amides is 1. The van der Waals surface area contributed by atoms with Gasteiger partial charge in [-0.3, -0.25) is 14.7 Å². The van der Waals surface area contributed by atoms with Crippen LogP contribution in [0.15, 0.2) is 42.7 Å². The van der Waals surface area contributed by atoms with Gasteiger partial charge >= 0.3 is 0 Å². The van der Waals surface area contributed by atoms with Crippen LogP contribution in [-0.2, 0) is 22.6 Å². The van der Waals surface area contributed by atoms with E-state index < -0.39 is 0 Å². The van der Waals surface area contributed by atoms with E-state index >= 15 is 0 Å². The molecule has 7 nitrogen and oxygen atoms in total. The highest BCUT2D eigenvalue weighted by atomic mass is 16.5. The predicted molar refractivity (Wildman–Crippen MR) is 111 cm³/mol. The van der Waals surface area contributed by atoms with E-state index in [2.05, 4.69) is 38.3 Å². The van der Waals surface area contributed by atoms with Crippen LogP contribution in [0.2, 0.25) is 0 Å². The van der Waals surface area contributed by atoms with Crippen molar-refractivity contribution >= 4 is 11.6 Å². The third-order valence-corrected chi connectivity index (χ3v) is 5.45. The molecule has 2 aliphatic rings. The Bertz CT molecular complexity index is 817. The quantitative estimate of drug-likeness (QED) is 0.802. The molecule has 154 valence electrons. The maximum absolute atomic E-state index is 13.0. The Morgan fingerprint density at radius 3 is 2.41 bits per heavy atom. The third-order valence-electron chi connectivity index (χ3n) is 5.45. The fourth-order valence-electron chi connectivity index (χ4n) is 3.79. The van der Waals surface area contributed by atoms with Crippen molar-refractivity contribution in [2.24, 2.45) is 0 Å². The molecule has 1 N–H and O–H groups in total. The van der Waals surface area contributed by atoms with Crippen molar-refractivity contribution in [2.75, 3.05) is 57.5 Å². The first-order valence-electron chi connectivity index (χ1n) is 10.2. The Hall–Kier alpha value is -2.48. The van der Waals surface area contributed by atoms with Crippen LogP contribution in [0.25, 0.3) is 0 Å². The highest BCUT2D eigenvalue weighted by Gasteiger charge is 2.19. The molecule has 2 fully saturated rings. The summed E-state index contributed by atoms with van der Waals surface area (Å²) in [6, 6.07) is 10.1. The number of morpholine rings is 2. The lowest BCUT2D eigenvalue weighted by Crippen LogP contribution is -2.38. The first-order valence-corrected chi connectivity index (χ1v) is 10.2. The number of nitrogens with one attached hydrogen (secondary N) is 1. The molecule has 1 aromatic carbocycles. The molecule has 3 heterocycles. The van der Waals surface area contributed by atoms with Gasteiger partial charge in [-0.2, -0.15) is 0 Å². The van der Waals surface area contributed by atoms with Gasteiger partial charge in [-0.25, -0.2) is 0 Å². The number of benzene rings is 1. The minimum Gasteiger partial charge on any atom is -0.379 e. The number of hydrogen-bond donors (Lipinski definition) is 1. The molecule has 2 aliphatic heterocycles. The second kappa shape index (κ2) is 9.82. The Morgan fingerprint density at radius 1 is 0.966 bits per heavy atom. The summed E-state index contributed by atoms with van der Waals surface area (Å²) in [7, 11) is 0. The van der Waals surface area contributed by atoms with Crippen LogP contribution in [0, 0.1) is 0 Å². The van der Waals surface area contributed by atoms with E-state index in [1.165, 1.54) is 5.56 Å². The number of nitrogens with zero attached hydrogens (tertiary/aromatic N) is 3. The molecular formula is C22H28N4O3. The molecule has 4 rings (SSSR count). The van der Waals surface area contributed by atoms with Crippen LogP contribution < -0.4 is 10.2 Å². The summed E-state index contributed by atoms with van der Waals surface area (Å²) in [5, 5.41) is 3.10. The molecule has 29 heavy (non-hydrogen) atoms. The Balaban J connectivity index is 1.43. The minimum atomic E-state index is -0.0740. The van der Waals surface area contributed by atoms with Crippen molar-refractivity contribution in [3.63, 3.8) is 0 Å². The smallest absolute Gasteiger partial charge is 0.253 e. The topological polar surface area (TPSA) is 66.9 Å². The largest absolute Gasteiger partial charge is 0.379 e. The Labute approximate surface area is 171 Å². The fraction of sp³-hybridized carbons (Fsp3) is 0.455. The van der Waals surface area contributed by atoms with Gasteiger partial charge < -0.3 is 19.7 Å². The van der Waals surface area contributed by atoms with Crippen LogP contribution in [0.1, 0.15) is 21.5 Å². The molecule has 0 bridgehead atoms. The monoisotopic (exact) mass is 396 g/mol. The number of carbonyl (C=O) groups is 1. The molecular weight excluding hydrogens is 368 g/mol. The summed E-state index contributed by atoms with van der Waals surface area (Å²) in [6.07, 6.45) is 3.44. The molecule has 0 atom stereocenters. The summed E-state index contributed by atoms with van der Waals surface area (Å²) < 4.78 is 10.9. The number of pyridine rings is 1. The van der Waals surface area contributed by atoms with Gasteiger partial charge in [0, 0.05) is 45.5 Å². The average molecular weight is 396 g/mol. The van der Waals surface area contributed by atoms with E-state index in [0.717, 1.165) is 57.2 Å². The molecule has 0 aliphatic carbocycles. The zero-order valence-corrected chi connectivity index (χ0v) is 16.7. The first-order chi connectivity index (χ1) is 14.3. The minimum absolute atomic E-state index is 0.0740. The summed E-state index contributed by atoms with van der Waals surface area (Å²) >= 11 is 0. The van der Waals surface area contributed by atoms with Gasteiger partial charge in [0.15, 0.2) is 0 Å². The second-order valence-electron chi connectivity index (χ2n) is 7.33. The van der Waals surface area contributed by atoms with E-state index in [9.17, 15) is 4.79 Å². The molecule has 1 amide bonds. The van der Waals surface area contributed by atoms with E-state index in [0.29, 0.717) is 25.3 Å². The molecule has 2 aromatic rings. The van der Waals surface area contributed by atoms with Gasteiger partial charge in [0.2, 0.25) is 0 Å². The molecule has 0 radical (unpaired) electrons. The highest BCUT2D eigenvalue weighted by Crippen LogP contribution is 2.21. The summed E-state index contributed by atoms with van der Waals surface area (Å²) in [5.41, 5.74) is 3.93. The van der Waals surface area contributed by atoms with Crippen molar-refractivity contribution < 1.29 is 14.3 Å². The normalized spacial score (nSPS) is 17.9. The van der Waals surface area contributed by atoms with Gasteiger partial charge in [-0.15, -0.1) is 0 Å². The van der Waals surface area contributed by atoms with Crippen LogP contribution in [0.3, 0.4) is 0 Å². The molecule has 0 saturated carbocycles. The lowest BCUT2D eigenvalue weighted by molar-refractivity contribution is 0.0340. The van der Waals surface area contributed by atoms with E-state index in [1.54, 1.807) is 18.5 Å². The standard InChI is InChI=1S/C22H28N4O3/c27-22(20-5-6-23-16-21(20)26-9-13-29-14-10-26)24-15-18-3-1-2-4-19(18)17-25-7-11-28-12-8-25/h1-6,16H,7-15,17H2,(H,24,27). The average Bonchev–Trinajstić information content (AvgIpc) is 2.79. The number of anilines is 1. The van der Waals surface area contributed by atoms with Gasteiger partial charge in [-0.1, -0.05) is 24.3 Å². The summed E-state index contributed by atoms with van der Waals surface area (Å²) in [5.74, 6) is -0.0740. The van der Waals surface area contributed by atoms with Gasteiger partial charge in [-0.05, 0) is 17.2 Å². The number of carbonyl (C=O) groups excluding carboxylic acids is 1. The first kappa shape index (κ1) is 19.8. The number of hydrogen-bond acceptors (Lipinski definition) is 6. The predicted octanol–water partition coefficient (Wildman–Crippen LogP) is 1.68. The third kappa shape index (κ3) is 5.12. The molecule has 0 unspecified atom stereocenters. The van der Waals surface area contributed by atoms with Gasteiger partial charge in [0.1, 0.15) is 0 Å². The van der Waals surface area contributed by atoms with Crippen molar-refractivity contribution in [3.05, 3.63) is 59.4 Å². The van der Waals surface area contributed by atoms with Crippen molar-refractivity contribution in [1.29, 1.82) is 0 Å². The van der Waals surface area contributed by atoms with Crippen LogP contribution in [-0.4, -0.2) is 68.4 Å². The summed E-state index contributed by atoms with van der Waals surface area (Å²) in [4.78, 5) is 21.7. The van der Waals surface area contributed by atoms with Crippen LogP contribution in [0.5, 0.6) is 0 Å². The van der Waals surface area contributed by atoms with Crippen molar-refractivity contribution in [3.8, 4) is 0 Å². The van der Waals surface area contributed by atoms with E-state index in [-0.39, 0.29) is 5.91 Å². The maximum Gasteiger partial charge on any atom is 0.253 e. The molecule has 0 spiro atoms. The zero-order chi connectivity index (χ0) is 19.9. The lowest BCUT2D eigenvalue weighted by Gasteiger charge is -2.30. The maximum atomic E-state index is 13.0. The number of aromatic nitrogens is 1. The van der Waals surface area contributed by atoms with Crippen molar-refractivity contribution in [1.82, 2.24) is 15.2 Å². The molecule has 1 aromatic heterocycles. The van der Waals surface area contributed by atoms with Gasteiger partial charge in [0.25, 0.3) is 5.91 Å². The molecule has 2 saturated heterocycles.